The highest BCUT2D eigenvalue weighted by Crippen LogP contribution is 2.33. The third kappa shape index (κ3) is 4.20. The van der Waals surface area contributed by atoms with Crippen LogP contribution in [-0.2, 0) is 5.41 Å². The zero-order valence-corrected chi connectivity index (χ0v) is 11.3. The molecule has 0 aliphatic rings. The first-order valence-electron chi connectivity index (χ1n) is 6.11. The average molecular weight is 254 g/mol. The van der Waals surface area contributed by atoms with Gasteiger partial charge in [-0.3, -0.25) is 0 Å². The fourth-order valence-corrected chi connectivity index (χ4v) is 1.52. The molecule has 2 N–H and O–H groups in total. The maximum Gasteiger partial charge on any atom is 0.161 e. The molecule has 0 heterocycles. The zero-order chi connectivity index (χ0) is 13.6. The standard InChI is InChI=1S/C14H22O4/c1-14(2,3)11-4-5-12(17-8-6-15)13(10-11)18-9-7-16/h4-5,10,15-16H,6-9H2,1-3H3. The molecule has 0 aliphatic heterocycles. The molecule has 0 saturated carbocycles. The van der Waals surface area contributed by atoms with E-state index in [0.29, 0.717) is 11.5 Å². The van der Waals surface area contributed by atoms with E-state index >= 15 is 0 Å². The molecule has 1 rings (SSSR count). The molecule has 1 aromatic rings. The Morgan fingerprint density at radius 2 is 1.50 bits per heavy atom. The summed E-state index contributed by atoms with van der Waals surface area (Å²) in [6, 6.07) is 5.74. The molecule has 0 fully saturated rings. The second-order valence-electron chi connectivity index (χ2n) is 5.06. The summed E-state index contributed by atoms with van der Waals surface area (Å²) in [6.45, 7) is 6.72. The summed E-state index contributed by atoms with van der Waals surface area (Å²) in [4.78, 5) is 0. The largest absolute Gasteiger partial charge is 0.487 e. The summed E-state index contributed by atoms with van der Waals surface area (Å²) in [6.07, 6.45) is 0. The molecule has 4 nitrogen and oxygen atoms in total. The maximum absolute atomic E-state index is 8.82. The lowest BCUT2D eigenvalue weighted by Crippen LogP contribution is -2.12. The second kappa shape index (κ2) is 6.61. The Balaban J connectivity index is 2.96. The molecule has 0 radical (unpaired) electrons. The van der Waals surface area contributed by atoms with Gasteiger partial charge >= 0.3 is 0 Å². The quantitative estimate of drug-likeness (QED) is 0.811. The van der Waals surface area contributed by atoms with Gasteiger partial charge < -0.3 is 19.7 Å². The summed E-state index contributed by atoms with van der Waals surface area (Å²) < 4.78 is 10.9. The van der Waals surface area contributed by atoms with Crippen LogP contribution < -0.4 is 9.47 Å². The summed E-state index contributed by atoms with van der Waals surface area (Å²) in [5, 5.41) is 17.6. The molecule has 1 aromatic carbocycles. The van der Waals surface area contributed by atoms with Crippen molar-refractivity contribution in [3.8, 4) is 11.5 Å². The summed E-state index contributed by atoms with van der Waals surface area (Å²) in [7, 11) is 0. The van der Waals surface area contributed by atoms with Crippen LogP contribution in [0.1, 0.15) is 26.3 Å². The number of benzene rings is 1. The zero-order valence-electron chi connectivity index (χ0n) is 11.3. The van der Waals surface area contributed by atoms with E-state index in [4.69, 9.17) is 19.7 Å². The minimum absolute atomic E-state index is 0.0207. The van der Waals surface area contributed by atoms with Gasteiger partial charge in [-0.1, -0.05) is 26.8 Å². The van der Waals surface area contributed by atoms with Crippen LogP contribution in [0.4, 0.5) is 0 Å². The Bertz CT molecular complexity index is 369. The van der Waals surface area contributed by atoms with Gasteiger partial charge in [-0.2, -0.15) is 0 Å². The van der Waals surface area contributed by atoms with Crippen molar-refractivity contribution in [2.24, 2.45) is 0 Å². The van der Waals surface area contributed by atoms with E-state index in [1.54, 1.807) is 0 Å². The first-order valence-corrected chi connectivity index (χ1v) is 6.11. The molecule has 0 aliphatic carbocycles. The minimum Gasteiger partial charge on any atom is -0.487 e. The number of hydrogen-bond acceptors (Lipinski definition) is 4. The highest BCUT2D eigenvalue weighted by Gasteiger charge is 2.16. The number of ether oxygens (including phenoxy) is 2. The van der Waals surface area contributed by atoms with Gasteiger partial charge in [-0.25, -0.2) is 0 Å². The highest BCUT2D eigenvalue weighted by atomic mass is 16.5. The van der Waals surface area contributed by atoms with Crippen LogP contribution in [0.25, 0.3) is 0 Å². The molecular formula is C14H22O4. The van der Waals surface area contributed by atoms with Crippen molar-refractivity contribution in [1.29, 1.82) is 0 Å². The number of rotatable bonds is 6. The lowest BCUT2D eigenvalue weighted by molar-refractivity contribution is 0.178. The number of aliphatic hydroxyl groups excluding tert-OH is 2. The van der Waals surface area contributed by atoms with Crippen LogP contribution in [0.5, 0.6) is 11.5 Å². The van der Waals surface area contributed by atoms with E-state index in [1.165, 1.54) is 0 Å². The van der Waals surface area contributed by atoms with Crippen LogP contribution in [-0.4, -0.2) is 36.6 Å². The lowest BCUT2D eigenvalue weighted by Gasteiger charge is -2.21. The van der Waals surface area contributed by atoms with Crippen LogP contribution in [0.2, 0.25) is 0 Å². The Labute approximate surface area is 108 Å². The number of hydrogen-bond donors (Lipinski definition) is 2. The first-order chi connectivity index (χ1) is 8.49. The van der Waals surface area contributed by atoms with E-state index in [-0.39, 0.29) is 31.8 Å². The van der Waals surface area contributed by atoms with Gasteiger partial charge in [0.25, 0.3) is 0 Å². The Hall–Kier alpha value is -1.26. The molecule has 0 atom stereocenters. The molecule has 0 spiro atoms. The minimum atomic E-state index is -0.0425. The summed E-state index contributed by atoms with van der Waals surface area (Å²) >= 11 is 0. The van der Waals surface area contributed by atoms with Crippen molar-refractivity contribution in [3.05, 3.63) is 23.8 Å². The Kier molecular flexibility index (Phi) is 5.44. The molecule has 4 heteroatoms. The molecular weight excluding hydrogens is 232 g/mol. The van der Waals surface area contributed by atoms with E-state index in [1.807, 2.05) is 18.2 Å². The van der Waals surface area contributed by atoms with Crippen LogP contribution in [0.15, 0.2) is 18.2 Å². The van der Waals surface area contributed by atoms with Crippen molar-refractivity contribution < 1.29 is 19.7 Å². The predicted octanol–water partition coefficient (Wildman–Crippen LogP) is 1.73. The van der Waals surface area contributed by atoms with Gasteiger partial charge in [0.15, 0.2) is 11.5 Å². The monoisotopic (exact) mass is 254 g/mol. The van der Waals surface area contributed by atoms with Crippen molar-refractivity contribution in [1.82, 2.24) is 0 Å². The molecule has 0 bridgehead atoms. The molecule has 0 amide bonds. The van der Waals surface area contributed by atoms with Gasteiger partial charge in [0.05, 0.1) is 13.2 Å². The fourth-order valence-electron chi connectivity index (χ4n) is 1.52. The second-order valence-corrected chi connectivity index (χ2v) is 5.06. The van der Waals surface area contributed by atoms with E-state index in [2.05, 4.69) is 20.8 Å². The third-order valence-electron chi connectivity index (χ3n) is 2.51. The van der Waals surface area contributed by atoms with Gasteiger partial charge in [-0.05, 0) is 23.1 Å². The van der Waals surface area contributed by atoms with E-state index in [0.717, 1.165) is 5.56 Å². The summed E-state index contributed by atoms with van der Waals surface area (Å²) in [5.74, 6) is 1.19. The van der Waals surface area contributed by atoms with Crippen molar-refractivity contribution in [2.45, 2.75) is 26.2 Å². The first kappa shape index (κ1) is 14.8. The third-order valence-corrected chi connectivity index (χ3v) is 2.51. The predicted molar refractivity (Wildman–Crippen MR) is 70.3 cm³/mol. The Morgan fingerprint density at radius 1 is 0.944 bits per heavy atom. The topological polar surface area (TPSA) is 58.9 Å². The van der Waals surface area contributed by atoms with Crippen molar-refractivity contribution in [3.63, 3.8) is 0 Å². The Morgan fingerprint density at radius 3 is 2.00 bits per heavy atom. The molecule has 0 aromatic heterocycles. The molecule has 0 unspecified atom stereocenters. The normalized spacial score (nSPS) is 11.4. The van der Waals surface area contributed by atoms with Gasteiger partial charge in [0, 0.05) is 0 Å². The number of aliphatic hydroxyl groups is 2. The van der Waals surface area contributed by atoms with E-state index in [9.17, 15) is 0 Å². The maximum atomic E-state index is 8.82. The lowest BCUT2D eigenvalue weighted by atomic mass is 9.87. The molecule has 18 heavy (non-hydrogen) atoms. The highest BCUT2D eigenvalue weighted by molar-refractivity contribution is 5.44. The smallest absolute Gasteiger partial charge is 0.161 e. The fraction of sp³-hybridized carbons (Fsp3) is 0.571. The van der Waals surface area contributed by atoms with Gasteiger partial charge in [-0.15, -0.1) is 0 Å². The van der Waals surface area contributed by atoms with Crippen molar-refractivity contribution >= 4 is 0 Å². The van der Waals surface area contributed by atoms with Crippen LogP contribution in [0.3, 0.4) is 0 Å². The summed E-state index contributed by atoms with van der Waals surface area (Å²) in [5.41, 5.74) is 1.15. The molecule has 0 saturated heterocycles. The SMILES string of the molecule is CC(C)(C)c1ccc(OCCO)c(OCCO)c1. The van der Waals surface area contributed by atoms with E-state index < -0.39 is 0 Å². The average Bonchev–Trinajstić information content (AvgIpc) is 2.33. The van der Waals surface area contributed by atoms with Crippen LogP contribution >= 0.6 is 0 Å². The van der Waals surface area contributed by atoms with Gasteiger partial charge in [0.1, 0.15) is 13.2 Å². The van der Waals surface area contributed by atoms with Crippen molar-refractivity contribution in [2.75, 3.05) is 26.4 Å². The molecule has 102 valence electrons. The van der Waals surface area contributed by atoms with Gasteiger partial charge in [0.2, 0.25) is 0 Å². The van der Waals surface area contributed by atoms with Crippen LogP contribution in [0, 0.1) is 0 Å².